The molecule has 0 spiro atoms. The van der Waals surface area contributed by atoms with Crippen LogP contribution in [0.15, 0.2) is 65.4 Å². The molecule has 0 saturated heterocycles. The molecular weight excluding hydrogens is 430 g/mol. The first kappa shape index (κ1) is 19.5. The molecule has 5 nitrogen and oxygen atoms in total. The number of carbonyl (C=O) groups excluding carboxylic acids is 1. The van der Waals surface area contributed by atoms with Crippen molar-refractivity contribution in [2.75, 3.05) is 0 Å². The minimum Gasteiger partial charge on any atom is -0.481 e. The summed E-state index contributed by atoms with van der Waals surface area (Å²) in [6.07, 6.45) is 2.87. The number of carbonyl (C=O) groups is 1. The summed E-state index contributed by atoms with van der Waals surface area (Å²) in [5.41, 5.74) is 0.887. The molecule has 0 aliphatic carbocycles. The standard InChI is InChI=1S/C20H19BrClN3O2/c1-13(27-17-9-5-15(21)6-10-17)20(26)24-18(19-23-11-12-25(19)2)14-3-7-16(22)8-4-14/h3-13,18H,1-2H3,(H,24,26)/t13-,18+/m0/s1. The van der Waals surface area contributed by atoms with Crippen LogP contribution >= 0.6 is 27.5 Å². The van der Waals surface area contributed by atoms with Gasteiger partial charge in [0.15, 0.2) is 6.10 Å². The van der Waals surface area contributed by atoms with E-state index in [1.54, 1.807) is 25.3 Å². The zero-order chi connectivity index (χ0) is 19.4. The van der Waals surface area contributed by atoms with E-state index in [1.165, 1.54) is 0 Å². The molecule has 0 unspecified atom stereocenters. The van der Waals surface area contributed by atoms with Crippen LogP contribution in [0.5, 0.6) is 5.75 Å². The van der Waals surface area contributed by atoms with Gasteiger partial charge < -0.3 is 14.6 Å². The molecule has 27 heavy (non-hydrogen) atoms. The summed E-state index contributed by atoms with van der Waals surface area (Å²) < 4.78 is 8.58. The third-order valence-electron chi connectivity index (χ3n) is 4.10. The quantitative estimate of drug-likeness (QED) is 0.604. The maximum atomic E-state index is 12.8. The lowest BCUT2D eigenvalue weighted by Gasteiger charge is -2.22. The van der Waals surface area contributed by atoms with Gasteiger partial charge in [-0.05, 0) is 48.9 Å². The Bertz CT molecular complexity index is 910. The number of ether oxygens (including phenoxy) is 1. The second kappa shape index (κ2) is 8.59. The lowest BCUT2D eigenvalue weighted by atomic mass is 10.1. The van der Waals surface area contributed by atoms with Gasteiger partial charge in [-0.1, -0.05) is 39.7 Å². The molecule has 1 amide bonds. The molecule has 0 aliphatic heterocycles. The number of hydrogen-bond donors (Lipinski definition) is 1. The van der Waals surface area contributed by atoms with Crippen molar-refractivity contribution in [3.05, 3.63) is 81.8 Å². The van der Waals surface area contributed by atoms with E-state index < -0.39 is 12.1 Å². The summed E-state index contributed by atoms with van der Waals surface area (Å²) in [6, 6.07) is 14.3. The molecule has 1 aromatic heterocycles. The summed E-state index contributed by atoms with van der Waals surface area (Å²) >= 11 is 9.38. The number of nitrogens with one attached hydrogen (secondary N) is 1. The van der Waals surface area contributed by atoms with Crippen LogP contribution in [0.1, 0.15) is 24.4 Å². The van der Waals surface area contributed by atoms with Gasteiger partial charge in [0.2, 0.25) is 0 Å². The molecule has 1 heterocycles. The Kier molecular flexibility index (Phi) is 6.19. The third kappa shape index (κ3) is 4.90. The average Bonchev–Trinajstić information content (AvgIpc) is 3.08. The molecule has 0 radical (unpaired) electrons. The van der Waals surface area contributed by atoms with E-state index in [0.29, 0.717) is 10.8 Å². The number of amides is 1. The molecule has 3 aromatic rings. The molecule has 1 N–H and O–H groups in total. The van der Waals surface area contributed by atoms with Gasteiger partial charge in [0.25, 0.3) is 5.91 Å². The first-order valence-corrected chi connectivity index (χ1v) is 9.56. The summed E-state index contributed by atoms with van der Waals surface area (Å²) in [5.74, 6) is 1.11. The summed E-state index contributed by atoms with van der Waals surface area (Å²) in [6.45, 7) is 1.72. The van der Waals surface area contributed by atoms with Crippen LogP contribution in [0.25, 0.3) is 0 Å². The fourth-order valence-corrected chi connectivity index (χ4v) is 3.03. The molecule has 0 bridgehead atoms. The lowest BCUT2D eigenvalue weighted by Crippen LogP contribution is -2.39. The average molecular weight is 449 g/mol. The second-order valence-corrected chi connectivity index (χ2v) is 7.46. The largest absolute Gasteiger partial charge is 0.481 e. The van der Waals surface area contributed by atoms with Crippen LogP contribution < -0.4 is 10.1 Å². The van der Waals surface area contributed by atoms with E-state index in [9.17, 15) is 4.79 Å². The number of hydrogen-bond acceptors (Lipinski definition) is 3. The van der Waals surface area contributed by atoms with Crippen LogP contribution in [-0.2, 0) is 11.8 Å². The van der Waals surface area contributed by atoms with Crippen LogP contribution in [-0.4, -0.2) is 21.6 Å². The fraction of sp³-hybridized carbons (Fsp3) is 0.200. The van der Waals surface area contributed by atoms with E-state index >= 15 is 0 Å². The number of halogens is 2. The van der Waals surface area contributed by atoms with Gasteiger partial charge in [-0.15, -0.1) is 0 Å². The number of rotatable bonds is 6. The molecule has 3 rings (SSSR count). The fourth-order valence-electron chi connectivity index (χ4n) is 2.64. The number of aryl methyl sites for hydroxylation is 1. The van der Waals surface area contributed by atoms with Gasteiger partial charge in [-0.3, -0.25) is 4.79 Å². The van der Waals surface area contributed by atoms with E-state index in [4.69, 9.17) is 16.3 Å². The molecule has 2 atom stereocenters. The number of imidazole rings is 1. The predicted octanol–water partition coefficient (Wildman–Crippen LogP) is 4.51. The zero-order valence-electron chi connectivity index (χ0n) is 14.9. The zero-order valence-corrected chi connectivity index (χ0v) is 17.2. The Morgan fingerprint density at radius 3 is 2.44 bits per heavy atom. The van der Waals surface area contributed by atoms with Gasteiger partial charge in [-0.2, -0.15) is 0 Å². The third-order valence-corrected chi connectivity index (χ3v) is 4.88. The van der Waals surface area contributed by atoms with Crippen molar-refractivity contribution in [2.24, 2.45) is 7.05 Å². The van der Waals surface area contributed by atoms with Crippen molar-refractivity contribution in [3.63, 3.8) is 0 Å². The summed E-state index contributed by atoms with van der Waals surface area (Å²) in [4.78, 5) is 17.2. The van der Waals surface area contributed by atoms with Crippen LogP contribution in [0, 0.1) is 0 Å². The van der Waals surface area contributed by atoms with Gasteiger partial charge in [-0.25, -0.2) is 4.98 Å². The number of nitrogens with zero attached hydrogens (tertiary/aromatic N) is 2. The van der Waals surface area contributed by atoms with Gasteiger partial charge in [0.05, 0.1) is 0 Å². The maximum Gasteiger partial charge on any atom is 0.261 e. The van der Waals surface area contributed by atoms with Crippen molar-refractivity contribution in [3.8, 4) is 5.75 Å². The topological polar surface area (TPSA) is 56.1 Å². The Labute approximate surface area is 171 Å². The molecule has 0 fully saturated rings. The minimum atomic E-state index is -0.666. The molecular formula is C20H19BrClN3O2. The normalized spacial score (nSPS) is 13.0. The monoisotopic (exact) mass is 447 g/mol. The van der Waals surface area contributed by atoms with Gasteiger partial charge in [0, 0.05) is 28.9 Å². The molecule has 7 heteroatoms. The van der Waals surface area contributed by atoms with Crippen molar-refractivity contribution in [1.82, 2.24) is 14.9 Å². The molecule has 140 valence electrons. The van der Waals surface area contributed by atoms with E-state index in [0.717, 1.165) is 15.9 Å². The van der Waals surface area contributed by atoms with Crippen molar-refractivity contribution in [2.45, 2.75) is 19.1 Å². The predicted molar refractivity (Wildman–Crippen MR) is 109 cm³/mol. The van der Waals surface area contributed by atoms with Crippen LogP contribution in [0.4, 0.5) is 0 Å². The summed E-state index contributed by atoms with van der Waals surface area (Å²) in [7, 11) is 1.89. The minimum absolute atomic E-state index is 0.235. The number of benzene rings is 2. The van der Waals surface area contributed by atoms with Gasteiger partial charge in [0.1, 0.15) is 17.6 Å². The Balaban J connectivity index is 1.78. The van der Waals surface area contributed by atoms with E-state index in [-0.39, 0.29) is 5.91 Å². The first-order valence-electron chi connectivity index (χ1n) is 8.39. The Morgan fingerprint density at radius 2 is 1.85 bits per heavy atom. The Hall–Kier alpha value is -2.31. The van der Waals surface area contributed by atoms with E-state index in [2.05, 4.69) is 26.2 Å². The van der Waals surface area contributed by atoms with Crippen LogP contribution in [0.3, 0.4) is 0 Å². The SMILES string of the molecule is C[C@H](Oc1ccc(Br)cc1)C(=O)N[C@H](c1ccc(Cl)cc1)c1nccn1C. The second-order valence-electron chi connectivity index (χ2n) is 6.10. The lowest BCUT2D eigenvalue weighted by molar-refractivity contribution is -0.127. The molecule has 0 saturated carbocycles. The van der Waals surface area contributed by atoms with Crippen LogP contribution in [0.2, 0.25) is 5.02 Å². The maximum absolute atomic E-state index is 12.8. The van der Waals surface area contributed by atoms with Crippen molar-refractivity contribution in [1.29, 1.82) is 0 Å². The van der Waals surface area contributed by atoms with E-state index in [1.807, 2.05) is 54.2 Å². The van der Waals surface area contributed by atoms with Gasteiger partial charge >= 0.3 is 0 Å². The summed E-state index contributed by atoms with van der Waals surface area (Å²) in [5, 5.41) is 3.66. The van der Waals surface area contributed by atoms with Crippen molar-refractivity contribution < 1.29 is 9.53 Å². The van der Waals surface area contributed by atoms with Crippen molar-refractivity contribution >= 4 is 33.4 Å². The highest BCUT2D eigenvalue weighted by Gasteiger charge is 2.24. The first-order chi connectivity index (χ1) is 12.9. The highest BCUT2D eigenvalue weighted by atomic mass is 79.9. The highest BCUT2D eigenvalue weighted by molar-refractivity contribution is 9.10. The highest BCUT2D eigenvalue weighted by Crippen LogP contribution is 2.23. The molecule has 0 aliphatic rings. The smallest absolute Gasteiger partial charge is 0.261 e. The Morgan fingerprint density at radius 1 is 1.19 bits per heavy atom. The molecule has 2 aromatic carbocycles. The number of aromatic nitrogens is 2.